The smallest absolute Gasteiger partial charge is 0.331 e. The highest BCUT2D eigenvalue weighted by molar-refractivity contribution is 7.10. The summed E-state index contributed by atoms with van der Waals surface area (Å²) in [4.78, 5) is 23.6. The van der Waals surface area contributed by atoms with Gasteiger partial charge in [-0.25, -0.2) is 9.59 Å². The Balaban J connectivity index is 1.77. The number of thiophene rings is 1. The Labute approximate surface area is 128 Å². The van der Waals surface area contributed by atoms with Crippen molar-refractivity contribution in [1.82, 2.24) is 10.6 Å². The van der Waals surface area contributed by atoms with Gasteiger partial charge in [0.15, 0.2) is 6.04 Å². The minimum atomic E-state index is -1.05. The van der Waals surface area contributed by atoms with Crippen molar-refractivity contribution in [3.8, 4) is 0 Å². The largest absolute Gasteiger partial charge is 0.479 e. The Bertz CT molecular complexity index is 511. The van der Waals surface area contributed by atoms with Gasteiger partial charge in [-0.2, -0.15) is 0 Å². The molecule has 1 atom stereocenters. The normalized spacial score (nSPS) is 15.9. The Hall–Kier alpha value is -1.82. The predicted octanol–water partition coefficient (Wildman–Crippen LogP) is 3.06. The molecule has 5 nitrogen and oxygen atoms in total. The van der Waals surface area contributed by atoms with Crippen LogP contribution in [0.5, 0.6) is 0 Å². The van der Waals surface area contributed by atoms with Crippen LogP contribution in [0.25, 0.3) is 0 Å². The maximum atomic E-state index is 11.8. The summed E-state index contributed by atoms with van der Waals surface area (Å²) >= 11 is 1.32. The molecule has 0 fully saturated rings. The first-order chi connectivity index (χ1) is 10.2. The fourth-order valence-electron chi connectivity index (χ4n) is 2.36. The summed E-state index contributed by atoms with van der Waals surface area (Å²) in [6, 6.07) is 2.05. The highest BCUT2D eigenvalue weighted by Crippen LogP contribution is 2.20. The van der Waals surface area contributed by atoms with E-state index in [1.165, 1.54) is 29.8 Å². The number of carbonyl (C=O) groups excluding carboxylic acids is 1. The van der Waals surface area contributed by atoms with Crippen LogP contribution in [-0.2, 0) is 4.79 Å². The molecule has 114 valence electrons. The lowest BCUT2D eigenvalue weighted by atomic mass is 9.97. The van der Waals surface area contributed by atoms with E-state index in [2.05, 4.69) is 16.7 Å². The summed E-state index contributed by atoms with van der Waals surface area (Å²) in [5.74, 6) is -1.05. The van der Waals surface area contributed by atoms with E-state index in [9.17, 15) is 14.7 Å². The van der Waals surface area contributed by atoms with Crippen LogP contribution in [0, 0.1) is 0 Å². The maximum absolute atomic E-state index is 11.8. The lowest BCUT2D eigenvalue weighted by molar-refractivity contribution is -0.139. The van der Waals surface area contributed by atoms with E-state index < -0.39 is 18.0 Å². The van der Waals surface area contributed by atoms with Crippen LogP contribution in [0.2, 0.25) is 0 Å². The monoisotopic (exact) mass is 308 g/mol. The molecule has 1 aliphatic carbocycles. The van der Waals surface area contributed by atoms with E-state index in [-0.39, 0.29) is 0 Å². The van der Waals surface area contributed by atoms with Crippen LogP contribution in [0.4, 0.5) is 4.79 Å². The van der Waals surface area contributed by atoms with Crippen LogP contribution in [0.3, 0.4) is 0 Å². The molecule has 0 saturated carbocycles. The zero-order valence-electron chi connectivity index (χ0n) is 11.8. The number of aliphatic carboxylic acids is 1. The van der Waals surface area contributed by atoms with Crippen LogP contribution >= 0.6 is 11.3 Å². The Kier molecular flexibility index (Phi) is 5.80. The number of hydrogen-bond donors (Lipinski definition) is 3. The van der Waals surface area contributed by atoms with E-state index in [0.717, 1.165) is 19.3 Å². The standard InChI is InChI=1S/C15H20N2O3S/c18-14(19)13(12-7-4-10-21-12)17-15(20)16-9-8-11-5-2-1-3-6-11/h4-5,7,10,13H,1-3,6,8-9H2,(H,18,19)(H2,16,17,20). The minimum Gasteiger partial charge on any atom is -0.479 e. The van der Waals surface area contributed by atoms with E-state index in [0.29, 0.717) is 11.4 Å². The summed E-state index contributed by atoms with van der Waals surface area (Å²) in [5.41, 5.74) is 1.38. The van der Waals surface area contributed by atoms with E-state index in [1.54, 1.807) is 17.5 Å². The van der Waals surface area contributed by atoms with Crippen LogP contribution < -0.4 is 10.6 Å². The molecule has 1 unspecified atom stereocenters. The third kappa shape index (κ3) is 4.90. The summed E-state index contributed by atoms with van der Waals surface area (Å²) in [6.07, 6.45) is 7.78. The number of amides is 2. The van der Waals surface area contributed by atoms with Crippen LogP contribution in [-0.4, -0.2) is 23.7 Å². The van der Waals surface area contributed by atoms with Gasteiger partial charge >= 0.3 is 12.0 Å². The van der Waals surface area contributed by atoms with Gasteiger partial charge in [-0.1, -0.05) is 17.7 Å². The highest BCUT2D eigenvalue weighted by atomic mass is 32.1. The van der Waals surface area contributed by atoms with E-state index in [4.69, 9.17) is 0 Å². The molecule has 0 bridgehead atoms. The first-order valence-electron chi connectivity index (χ1n) is 7.15. The zero-order chi connectivity index (χ0) is 15.1. The lowest BCUT2D eigenvalue weighted by Crippen LogP contribution is -2.41. The quantitative estimate of drug-likeness (QED) is 0.707. The van der Waals surface area contributed by atoms with E-state index >= 15 is 0 Å². The average Bonchev–Trinajstić information content (AvgIpc) is 2.99. The van der Waals surface area contributed by atoms with Crippen molar-refractivity contribution in [3.05, 3.63) is 34.0 Å². The van der Waals surface area contributed by atoms with Gasteiger partial charge in [0.1, 0.15) is 0 Å². The lowest BCUT2D eigenvalue weighted by Gasteiger charge is -2.15. The van der Waals surface area contributed by atoms with Gasteiger partial charge in [-0.3, -0.25) is 0 Å². The minimum absolute atomic E-state index is 0.438. The molecule has 0 radical (unpaired) electrons. The molecule has 1 heterocycles. The van der Waals surface area contributed by atoms with Crippen LogP contribution in [0.1, 0.15) is 43.0 Å². The number of hydrogen-bond acceptors (Lipinski definition) is 3. The van der Waals surface area contributed by atoms with Gasteiger partial charge in [0.2, 0.25) is 0 Å². The number of rotatable bonds is 6. The molecule has 0 aromatic carbocycles. The van der Waals surface area contributed by atoms with Crippen molar-refractivity contribution in [2.24, 2.45) is 0 Å². The molecule has 0 aliphatic heterocycles. The summed E-state index contributed by atoms with van der Waals surface area (Å²) in [7, 11) is 0. The molecule has 3 N–H and O–H groups in total. The van der Waals surface area contributed by atoms with E-state index in [1.807, 2.05) is 0 Å². The second-order valence-electron chi connectivity index (χ2n) is 5.05. The Morgan fingerprint density at radius 2 is 2.24 bits per heavy atom. The predicted molar refractivity (Wildman–Crippen MR) is 82.4 cm³/mol. The zero-order valence-corrected chi connectivity index (χ0v) is 12.6. The van der Waals surface area contributed by atoms with Crippen LogP contribution in [0.15, 0.2) is 29.2 Å². The molecule has 2 rings (SSSR count). The molecule has 0 saturated heterocycles. The maximum Gasteiger partial charge on any atom is 0.331 e. The fraction of sp³-hybridized carbons (Fsp3) is 0.467. The first-order valence-corrected chi connectivity index (χ1v) is 8.03. The van der Waals surface area contributed by atoms with Crippen molar-refractivity contribution in [2.75, 3.05) is 6.54 Å². The third-order valence-electron chi connectivity index (χ3n) is 3.47. The van der Waals surface area contributed by atoms with Crippen molar-refractivity contribution in [3.63, 3.8) is 0 Å². The topological polar surface area (TPSA) is 78.4 Å². The molecule has 21 heavy (non-hydrogen) atoms. The number of allylic oxidation sites excluding steroid dienone is 1. The highest BCUT2D eigenvalue weighted by Gasteiger charge is 2.22. The van der Waals surface area contributed by atoms with Gasteiger partial charge in [-0.05, 0) is 43.6 Å². The van der Waals surface area contributed by atoms with Gasteiger partial charge in [0.25, 0.3) is 0 Å². The third-order valence-corrected chi connectivity index (χ3v) is 4.40. The second-order valence-corrected chi connectivity index (χ2v) is 6.02. The van der Waals surface area contributed by atoms with Crippen molar-refractivity contribution >= 4 is 23.3 Å². The summed E-state index contributed by atoms with van der Waals surface area (Å²) in [5, 5.41) is 16.2. The SMILES string of the molecule is O=C(NCCC1=CCCCC1)NC(C(=O)O)c1cccs1. The Morgan fingerprint density at radius 1 is 1.38 bits per heavy atom. The molecule has 1 aliphatic rings. The number of nitrogens with one attached hydrogen (secondary N) is 2. The molecule has 2 amide bonds. The number of carboxylic acid groups (broad SMARTS) is 1. The van der Waals surface area contributed by atoms with Gasteiger partial charge < -0.3 is 15.7 Å². The molecule has 1 aromatic heterocycles. The number of carboxylic acids is 1. The average molecular weight is 308 g/mol. The van der Waals surface area contributed by atoms with Crippen molar-refractivity contribution < 1.29 is 14.7 Å². The van der Waals surface area contributed by atoms with Gasteiger partial charge in [-0.15, -0.1) is 11.3 Å². The molecular weight excluding hydrogens is 288 g/mol. The second kappa shape index (κ2) is 7.83. The van der Waals surface area contributed by atoms with Gasteiger partial charge in [0.05, 0.1) is 0 Å². The molecule has 0 spiro atoms. The molecular formula is C15H20N2O3S. The Morgan fingerprint density at radius 3 is 2.86 bits per heavy atom. The summed E-state index contributed by atoms with van der Waals surface area (Å²) < 4.78 is 0. The first kappa shape index (κ1) is 15.6. The number of urea groups is 1. The van der Waals surface area contributed by atoms with Crippen molar-refractivity contribution in [1.29, 1.82) is 0 Å². The summed E-state index contributed by atoms with van der Waals surface area (Å²) in [6.45, 7) is 0.536. The number of carbonyl (C=O) groups is 2. The molecule has 6 heteroatoms. The van der Waals surface area contributed by atoms with Crippen molar-refractivity contribution in [2.45, 2.75) is 38.1 Å². The van der Waals surface area contributed by atoms with Gasteiger partial charge in [0, 0.05) is 11.4 Å². The molecule has 1 aromatic rings. The fourth-order valence-corrected chi connectivity index (χ4v) is 3.13.